The maximum Gasteiger partial charge on any atom is 0.164 e. The van der Waals surface area contributed by atoms with Gasteiger partial charge in [-0.15, -0.1) is 0 Å². The Bertz CT molecular complexity index is 288. The van der Waals surface area contributed by atoms with Gasteiger partial charge in [0.1, 0.15) is 11.8 Å². The lowest BCUT2D eigenvalue weighted by Gasteiger charge is -2.10. The highest BCUT2D eigenvalue weighted by Gasteiger charge is 2.15. The molecule has 5 heteroatoms. The van der Waals surface area contributed by atoms with Crippen LogP contribution in [0.5, 0.6) is 0 Å². The molecule has 1 heterocycles. The fraction of sp³-hybridized carbons (Fsp3) is 0.667. The summed E-state index contributed by atoms with van der Waals surface area (Å²) in [6.07, 6.45) is 6.93. The minimum atomic E-state index is 0.363. The van der Waals surface area contributed by atoms with Crippen LogP contribution in [0.15, 0.2) is 6.20 Å². The molecule has 78 valence electrons. The molecule has 0 aromatic carbocycles. The van der Waals surface area contributed by atoms with Crippen molar-refractivity contribution in [3.05, 3.63) is 11.2 Å². The molecule has 0 radical (unpaired) electrons. The fourth-order valence-corrected chi connectivity index (χ4v) is 1.87. The van der Waals surface area contributed by atoms with Crippen LogP contribution in [0.4, 0.5) is 5.82 Å². The lowest BCUT2D eigenvalue weighted by molar-refractivity contribution is 0.00562. The molecule has 0 aliphatic heterocycles. The number of hydrogen-bond donors (Lipinski definition) is 1. The first kappa shape index (κ1) is 9.80. The van der Waals surface area contributed by atoms with Crippen molar-refractivity contribution >= 4 is 17.4 Å². The van der Waals surface area contributed by atoms with Crippen molar-refractivity contribution < 1.29 is 4.74 Å². The van der Waals surface area contributed by atoms with E-state index in [0.717, 1.165) is 12.8 Å². The monoisotopic (exact) mass is 215 g/mol. The molecule has 1 aromatic heterocycles. The van der Waals surface area contributed by atoms with Gasteiger partial charge in [0.25, 0.3) is 0 Å². The summed E-state index contributed by atoms with van der Waals surface area (Å²) in [5.74, 6) is 0.363. The predicted octanol–water partition coefficient (Wildman–Crippen LogP) is 2.04. The van der Waals surface area contributed by atoms with E-state index in [9.17, 15) is 0 Å². The quantitative estimate of drug-likeness (QED) is 0.840. The van der Waals surface area contributed by atoms with Gasteiger partial charge in [-0.2, -0.15) is 5.10 Å². The van der Waals surface area contributed by atoms with Crippen molar-refractivity contribution in [2.45, 2.75) is 38.5 Å². The predicted molar refractivity (Wildman–Crippen MR) is 55.0 cm³/mol. The fourth-order valence-electron chi connectivity index (χ4n) is 1.71. The normalized spacial score (nSPS) is 17.8. The Kier molecular flexibility index (Phi) is 2.93. The molecule has 0 bridgehead atoms. The van der Waals surface area contributed by atoms with Crippen LogP contribution in [0, 0.1) is 0 Å². The second kappa shape index (κ2) is 4.19. The van der Waals surface area contributed by atoms with Gasteiger partial charge in [-0.3, -0.25) is 0 Å². The lowest BCUT2D eigenvalue weighted by Crippen LogP contribution is -2.12. The van der Waals surface area contributed by atoms with Crippen LogP contribution in [0.2, 0.25) is 5.02 Å². The van der Waals surface area contributed by atoms with Crippen molar-refractivity contribution in [1.82, 2.24) is 9.78 Å². The molecule has 2 rings (SSSR count). The van der Waals surface area contributed by atoms with E-state index < -0.39 is 0 Å². The SMILES string of the molecule is Nc1nn(COC2CCCC2)cc1Cl. The molecule has 1 aliphatic rings. The average Bonchev–Trinajstić information content (AvgIpc) is 2.74. The van der Waals surface area contributed by atoms with Crippen molar-refractivity contribution in [3.63, 3.8) is 0 Å². The molecule has 1 aromatic rings. The number of hydrogen-bond acceptors (Lipinski definition) is 3. The number of halogens is 1. The van der Waals surface area contributed by atoms with Crippen LogP contribution in [0.3, 0.4) is 0 Å². The first-order valence-corrected chi connectivity index (χ1v) is 5.23. The molecule has 2 N–H and O–H groups in total. The smallest absolute Gasteiger partial charge is 0.164 e. The van der Waals surface area contributed by atoms with E-state index in [1.807, 2.05) is 0 Å². The maximum absolute atomic E-state index is 5.76. The van der Waals surface area contributed by atoms with Gasteiger partial charge in [-0.05, 0) is 12.8 Å². The van der Waals surface area contributed by atoms with Crippen molar-refractivity contribution in [2.24, 2.45) is 0 Å². The third-order valence-corrected chi connectivity index (χ3v) is 2.78. The van der Waals surface area contributed by atoms with Crippen LogP contribution in [-0.4, -0.2) is 15.9 Å². The molecule has 0 atom stereocenters. The molecule has 0 amide bonds. The Hall–Kier alpha value is -0.740. The molecule has 1 fully saturated rings. The van der Waals surface area contributed by atoms with Crippen LogP contribution >= 0.6 is 11.6 Å². The van der Waals surface area contributed by atoms with E-state index in [1.165, 1.54) is 12.8 Å². The summed E-state index contributed by atoms with van der Waals surface area (Å²) >= 11 is 5.76. The van der Waals surface area contributed by atoms with Gasteiger partial charge in [-0.1, -0.05) is 24.4 Å². The summed E-state index contributed by atoms with van der Waals surface area (Å²) in [4.78, 5) is 0. The van der Waals surface area contributed by atoms with Crippen molar-refractivity contribution in [1.29, 1.82) is 0 Å². The number of anilines is 1. The molecule has 14 heavy (non-hydrogen) atoms. The zero-order valence-electron chi connectivity index (χ0n) is 7.95. The summed E-state index contributed by atoms with van der Waals surface area (Å²) in [5, 5.41) is 4.49. The average molecular weight is 216 g/mol. The first-order valence-electron chi connectivity index (χ1n) is 4.86. The van der Waals surface area contributed by atoms with Crippen LogP contribution in [-0.2, 0) is 11.5 Å². The standard InChI is InChI=1S/C9H14ClN3O/c10-8-5-13(12-9(8)11)6-14-7-3-1-2-4-7/h5,7H,1-4,6H2,(H2,11,12). The number of rotatable bonds is 3. The Balaban J connectivity index is 1.85. The zero-order valence-corrected chi connectivity index (χ0v) is 8.70. The van der Waals surface area contributed by atoms with E-state index in [1.54, 1.807) is 10.9 Å². The second-order valence-corrected chi connectivity index (χ2v) is 4.01. The summed E-state index contributed by atoms with van der Waals surface area (Å²) in [6, 6.07) is 0. The Labute approximate surface area is 88.0 Å². The maximum atomic E-state index is 5.76. The third kappa shape index (κ3) is 2.19. The molecular formula is C9H14ClN3O. The van der Waals surface area contributed by atoms with Gasteiger partial charge in [0.2, 0.25) is 0 Å². The topological polar surface area (TPSA) is 53.1 Å². The summed E-state index contributed by atoms with van der Waals surface area (Å²) < 4.78 is 7.28. The number of nitrogens with zero attached hydrogens (tertiary/aromatic N) is 2. The number of aromatic nitrogens is 2. The molecule has 0 saturated heterocycles. The van der Waals surface area contributed by atoms with Crippen LogP contribution in [0.25, 0.3) is 0 Å². The van der Waals surface area contributed by atoms with Crippen LogP contribution in [0.1, 0.15) is 25.7 Å². The highest BCUT2D eigenvalue weighted by molar-refractivity contribution is 6.32. The van der Waals surface area contributed by atoms with Gasteiger partial charge in [0, 0.05) is 6.20 Å². The van der Waals surface area contributed by atoms with E-state index in [-0.39, 0.29) is 0 Å². The largest absolute Gasteiger partial charge is 0.381 e. The van der Waals surface area contributed by atoms with Gasteiger partial charge in [0.15, 0.2) is 5.82 Å². The molecule has 0 spiro atoms. The van der Waals surface area contributed by atoms with Crippen molar-refractivity contribution in [3.8, 4) is 0 Å². The summed E-state index contributed by atoms with van der Waals surface area (Å²) in [5.41, 5.74) is 5.50. The Morgan fingerprint density at radius 3 is 2.86 bits per heavy atom. The molecule has 1 saturated carbocycles. The molecule has 1 aliphatic carbocycles. The molecule has 4 nitrogen and oxygen atoms in total. The zero-order chi connectivity index (χ0) is 9.97. The van der Waals surface area contributed by atoms with Crippen molar-refractivity contribution in [2.75, 3.05) is 5.73 Å². The summed E-state index contributed by atoms with van der Waals surface area (Å²) in [7, 11) is 0. The lowest BCUT2D eigenvalue weighted by atomic mass is 10.3. The van der Waals surface area contributed by atoms with Gasteiger partial charge in [0.05, 0.1) is 6.10 Å². The first-order chi connectivity index (χ1) is 6.75. The minimum absolute atomic E-state index is 0.363. The van der Waals surface area contributed by atoms with E-state index >= 15 is 0 Å². The van der Waals surface area contributed by atoms with Gasteiger partial charge >= 0.3 is 0 Å². The third-order valence-electron chi connectivity index (χ3n) is 2.49. The Morgan fingerprint density at radius 1 is 1.57 bits per heavy atom. The Morgan fingerprint density at radius 2 is 2.29 bits per heavy atom. The van der Waals surface area contributed by atoms with Crippen LogP contribution < -0.4 is 5.73 Å². The molecule has 0 unspecified atom stereocenters. The highest BCUT2D eigenvalue weighted by atomic mass is 35.5. The number of ether oxygens (including phenoxy) is 1. The molecular weight excluding hydrogens is 202 g/mol. The van der Waals surface area contributed by atoms with E-state index in [4.69, 9.17) is 22.1 Å². The van der Waals surface area contributed by atoms with Gasteiger partial charge < -0.3 is 10.5 Å². The summed E-state index contributed by atoms with van der Waals surface area (Å²) in [6.45, 7) is 0.446. The minimum Gasteiger partial charge on any atom is -0.381 e. The number of nitrogens with two attached hydrogens (primary N) is 1. The second-order valence-electron chi connectivity index (χ2n) is 3.60. The van der Waals surface area contributed by atoms with E-state index in [0.29, 0.717) is 23.7 Å². The van der Waals surface area contributed by atoms with E-state index in [2.05, 4.69) is 5.10 Å². The highest BCUT2D eigenvalue weighted by Crippen LogP contribution is 2.21. The van der Waals surface area contributed by atoms with Gasteiger partial charge in [-0.25, -0.2) is 4.68 Å². The number of nitrogen functional groups attached to an aromatic ring is 1.